The standard InChI is InChI=1S/C21H34N6OS.HI/c1-6-21(7-2)17(13-18(21)28-5)24-20(22-11-10-16-9-8-12-29-16)23-14-19-26-25-15(3)27(19)4;/h8-9,12,17-18H,6-7,10-11,13-14H2,1-5H3,(H2,22,23,24);1H. The van der Waals surface area contributed by atoms with Gasteiger partial charge in [-0.3, -0.25) is 0 Å². The number of ether oxygens (including phenoxy) is 1. The minimum atomic E-state index is 0. The van der Waals surface area contributed by atoms with Gasteiger partial charge in [-0.2, -0.15) is 0 Å². The van der Waals surface area contributed by atoms with Gasteiger partial charge in [-0.15, -0.1) is 45.5 Å². The van der Waals surface area contributed by atoms with Gasteiger partial charge in [-0.05, 0) is 44.1 Å². The molecule has 0 saturated heterocycles. The van der Waals surface area contributed by atoms with E-state index in [0.717, 1.165) is 49.8 Å². The topological polar surface area (TPSA) is 76.4 Å². The lowest BCUT2D eigenvalue weighted by atomic mass is 9.58. The maximum Gasteiger partial charge on any atom is 0.191 e. The summed E-state index contributed by atoms with van der Waals surface area (Å²) < 4.78 is 7.74. The van der Waals surface area contributed by atoms with Crippen LogP contribution in [0.2, 0.25) is 0 Å². The third-order valence-electron chi connectivity index (χ3n) is 6.50. The van der Waals surface area contributed by atoms with E-state index in [2.05, 4.69) is 52.2 Å². The quantitative estimate of drug-likeness (QED) is 0.285. The lowest BCUT2D eigenvalue weighted by molar-refractivity contribution is -0.118. The van der Waals surface area contributed by atoms with Gasteiger partial charge >= 0.3 is 0 Å². The van der Waals surface area contributed by atoms with Crippen LogP contribution in [0.1, 0.15) is 49.6 Å². The van der Waals surface area contributed by atoms with E-state index >= 15 is 0 Å². The minimum absolute atomic E-state index is 0. The fraction of sp³-hybridized carbons (Fsp3) is 0.667. The van der Waals surface area contributed by atoms with Crippen LogP contribution in [0.3, 0.4) is 0 Å². The molecule has 2 heterocycles. The predicted octanol–water partition coefficient (Wildman–Crippen LogP) is 3.67. The number of aliphatic imine (C=N–C) groups is 1. The van der Waals surface area contributed by atoms with Crippen molar-refractivity contribution in [2.75, 3.05) is 13.7 Å². The molecule has 0 aromatic carbocycles. The van der Waals surface area contributed by atoms with Crippen LogP contribution in [-0.2, 0) is 24.8 Å². The second-order valence-corrected chi connectivity index (χ2v) is 8.77. The Bertz CT molecular complexity index is 803. The van der Waals surface area contributed by atoms with E-state index in [4.69, 9.17) is 9.73 Å². The fourth-order valence-corrected chi connectivity index (χ4v) is 5.00. The van der Waals surface area contributed by atoms with E-state index in [1.165, 1.54) is 4.88 Å². The number of methoxy groups -OCH3 is 1. The molecule has 2 aromatic rings. The van der Waals surface area contributed by atoms with Crippen LogP contribution in [0.4, 0.5) is 0 Å². The zero-order valence-corrected chi connectivity index (χ0v) is 21.8. The van der Waals surface area contributed by atoms with Crippen LogP contribution in [0, 0.1) is 12.3 Å². The highest BCUT2D eigenvalue weighted by Crippen LogP contribution is 2.48. The summed E-state index contributed by atoms with van der Waals surface area (Å²) in [4.78, 5) is 6.20. The Kier molecular flexibility index (Phi) is 9.55. The molecule has 0 aliphatic heterocycles. The molecule has 0 amide bonds. The monoisotopic (exact) mass is 546 g/mol. The first-order valence-electron chi connectivity index (χ1n) is 10.5. The van der Waals surface area contributed by atoms with E-state index < -0.39 is 0 Å². The van der Waals surface area contributed by atoms with Crippen LogP contribution in [0.15, 0.2) is 22.5 Å². The molecule has 1 aliphatic rings. The van der Waals surface area contributed by atoms with Crippen molar-refractivity contribution in [3.05, 3.63) is 34.0 Å². The normalized spacial score (nSPS) is 20.4. The maximum absolute atomic E-state index is 5.75. The zero-order valence-electron chi connectivity index (χ0n) is 18.6. The van der Waals surface area contributed by atoms with Gasteiger partial charge in [0, 0.05) is 37.0 Å². The van der Waals surface area contributed by atoms with Gasteiger partial charge in [0.25, 0.3) is 0 Å². The van der Waals surface area contributed by atoms with E-state index in [9.17, 15) is 0 Å². The van der Waals surface area contributed by atoms with E-state index in [1.807, 2.05) is 25.6 Å². The van der Waals surface area contributed by atoms with Gasteiger partial charge in [0.2, 0.25) is 0 Å². The highest BCUT2D eigenvalue weighted by atomic mass is 127. The van der Waals surface area contributed by atoms with Crippen LogP contribution in [0.5, 0.6) is 0 Å². The molecule has 2 atom stereocenters. The van der Waals surface area contributed by atoms with Crippen LogP contribution < -0.4 is 10.6 Å². The summed E-state index contributed by atoms with van der Waals surface area (Å²) >= 11 is 1.79. The molecule has 168 valence electrons. The van der Waals surface area contributed by atoms with E-state index in [0.29, 0.717) is 18.7 Å². The lowest BCUT2D eigenvalue weighted by Crippen LogP contribution is -2.65. The SMILES string of the molecule is CCC1(CC)C(NC(=NCc2nnc(C)n2C)NCCc2cccs2)CC1OC.I. The molecule has 7 nitrogen and oxygen atoms in total. The summed E-state index contributed by atoms with van der Waals surface area (Å²) in [5, 5.41) is 17.7. The average Bonchev–Trinajstić information content (AvgIpc) is 3.34. The number of halogens is 1. The van der Waals surface area contributed by atoms with Gasteiger partial charge in [-0.1, -0.05) is 19.9 Å². The van der Waals surface area contributed by atoms with Crippen LogP contribution in [-0.4, -0.2) is 46.5 Å². The number of aryl methyl sites for hydroxylation is 1. The van der Waals surface area contributed by atoms with E-state index in [1.54, 1.807) is 11.3 Å². The summed E-state index contributed by atoms with van der Waals surface area (Å²) in [7, 11) is 3.80. The Morgan fingerprint density at radius 3 is 2.70 bits per heavy atom. The number of hydrogen-bond acceptors (Lipinski definition) is 5. The average molecular weight is 547 g/mol. The predicted molar refractivity (Wildman–Crippen MR) is 134 cm³/mol. The zero-order chi connectivity index (χ0) is 20.9. The van der Waals surface area contributed by atoms with Crippen LogP contribution in [0.25, 0.3) is 0 Å². The third kappa shape index (κ3) is 5.34. The fourth-order valence-electron chi connectivity index (χ4n) is 4.29. The summed E-state index contributed by atoms with van der Waals surface area (Å²) in [6.07, 6.45) is 4.48. The second-order valence-electron chi connectivity index (χ2n) is 7.74. The molecular weight excluding hydrogens is 511 g/mol. The van der Waals surface area contributed by atoms with Crippen molar-refractivity contribution in [1.29, 1.82) is 0 Å². The first-order chi connectivity index (χ1) is 14.0. The van der Waals surface area contributed by atoms with Gasteiger partial charge < -0.3 is 19.9 Å². The molecule has 2 aromatic heterocycles. The van der Waals surface area contributed by atoms with Crippen molar-refractivity contribution in [3.63, 3.8) is 0 Å². The van der Waals surface area contributed by atoms with Gasteiger partial charge in [0.1, 0.15) is 12.4 Å². The molecule has 0 radical (unpaired) electrons. The third-order valence-corrected chi connectivity index (χ3v) is 7.44. The smallest absolute Gasteiger partial charge is 0.191 e. The summed E-state index contributed by atoms with van der Waals surface area (Å²) in [5.74, 6) is 2.60. The number of hydrogen-bond donors (Lipinski definition) is 2. The molecule has 2 N–H and O–H groups in total. The number of thiophene rings is 1. The van der Waals surface area contributed by atoms with Crippen LogP contribution >= 0.6 is 35.3 Å². The first-order valence-corrected chi connectivity index (χ1v) is 11.4. The summed E-state index contributed by atoms with van der Waals surface area (Å²) in [6, 6.07) is 4.63. The summed E-state index contributed by atoms with van der Waals surface area (Å²) in [5.41, 5.74) is 0.159. The molecule has 9 heteroatoms. The number of nitrogens with zero attached hydrogens (tertiary/aromatic N) is 4. The molecule has 1 aliphatic carbocycles. The van der Waals surface area contributed by atoms with Gasteiger partial charge in [-0.25, -0.2) is 4.99 Å². The number of aromatic nitrogens is 3. The lowest BCUT2D eigenvalue weighted by Gasteiger charge is -2.55. The van der Waals surface area contributed by atoms with Gasteiger partial charge in [0.05, 0.1) is 6.10 Å². The Hall–Kier alpha value is -1.20. The maximum atomic E-state index is 5.75. The molecule has 0 spiro atoms. The van der Waals surface area contributed by atoms with E-state index in [-0.39, 0.29) is 29.4 Å². The Morgan fingerprint density at radius 1 is 1.37 bits per heavy atom. The molecule has 2 unspecified atom stereocenters. The van der Waals surface area contributed by atoms with Crippen molar-refractivity contribution < 1.29 is 4.74 Å². The molecule has 1 fully saturated rings. The largest absolute Gasteiger partial charge is 0.381 e. The van der Waals surface area contributed by atoms with Crippen molar-refractivity contribution in [2.24, 2.45) is 17.5 Å². The van der Waals surface area contributed by atoms with Crippen molar-refractivity contribution in [3.8, 4) is 0 Å². The molecule has 0 bridgehead atoms. The molecular formula is C21H35IN6OS. The molecule has 3 rings (SSSR count). The Morgan fingerprint density at radius 2 is 2.13 bits per heavy atom. The Labute approximate surface area is 201 Å². The Balaban J connectivity index is 0.00000320. The molecule has 30 heavy (non-hydrogen) atoms. The number of nitrogens with one attached hydrogen (secondary N) is 2. The highest BCUT2D eigenvalue weighted by molar-refractivity contribution is 14.0. The summed E-state index contributed by atoms with van der Waals surface area (Å²) in [6.45, 7) is 7.81. The van der Waals surface area contributed by atoms with Crippen molar-refractivity contribution in [1.82, 2.24) is 25.4 Å². The minimum Gasteiger partial charge on any atom is -0.381 e. The second kappa shape index (κ2) is 11.4. The first kappa shape index (κ1) is 25.1. The van der Waals surface area contributed by atoms with Gasteiger partial charge in [0.15, 0.2) is 11.8 Å². The van der Waals surface area contributed by atoms with Crippen molar-refractivity contribution in [2.45, 2.75) is 65.1 Å². The molecule has 1 saturated carbocycles. The number of guanidine groups is 1. The highest BCUT2D eigenvalue weighted by Gasteiger charge is 2.53. The number of rotatable bonds is 9. The van der Waals surface area contributed by atoms with Crippen molar-refractivity contribution >= 4 is 41.3 Å².